The van der Waals surface area contributed by atoms with Crippen molar-refractivity contribution in [2.45, 2.75) is 26.3 Å². The highest BCUT2D eigenvalue weighted by Gasteiger charge is 2.31. The number of benzene rings is 2. The SMILES string of the molecule is Cc1cccc(N([C@@H](C)C(=O)Nc2ccc(OC(F)(F)F)cc2)S(C)(=O)=O)c1. The molecule has 1 atom stereocenters. The van der Waals surface area contributed by atoms with Gasteiger partial charge in [0.05, 0.1) is 11.9 Å². The van der Waals surface area contributed by atoms with Gasteiger partial charge >= 0.3 is 6.36 Å². The van der Waals surface area contributed by atoms with Crippen LogP contribution < -0.4 is 14.4 Å². The molecule has 1 N–H and O–H groups in total. The lowest BCUT2D eigenvalue weighted by atomic mass is 10.2. The first-order valence-corrected chi connectivity index (χ1v) is 9.94. The largest absolute Gasteiger partial charge is 0.573 e. The zero-order chi connectivity index (χ0) is 21.1. The Morgan fingerprint density at radius 2 is 1.75 bits per heavy atom. The van der Waals surface area contributed by atoms with Crippen molar-refractivity contribution in [3.05, 3.63) is 54.1 Å². The number of hydrogen-bond acceptors (Lipinski definition) is 4. The van der Waals surface area contributed by atoms with Crippen molar-refractivity contribution in [1.82, 2.24) is 0 Å². The number of anilines is 2. The van der Waals surface area contributed by atoms with Crippen molar-refractivity contribution in [1.29, 1.82) is 0 Å². The molecule has 2 aromatic carbocycles. The first-order valence-electron chi connectivity index (χ1n) is 8.09. The van der Waals surface area contributed by atoms with Crippen LogP contribution in [0.25, 0.3) is 0 Å². The quantitative estimate of drug-likeness (QED) is 0.779. The van der Waals surface area contributed by atoms with E-state index in [-0.39, 0.29) is 5.69 Å². The minimum absolute atomic E-state index is 0.198. The van der Waals surface area contributed by atoms with E-state index in [9.17, 15) is 26.4 Å². The summed E-state index contributed by atoms with van der Waals surface area (Å²) in [7, 11) is -3.77. The fourth-order valence-corrected chi connectivity index (χ4v) is 3.73. The van der Waals surface area contributed by atoms with Crippen LogP contribution in [0.3, 0.4) is 0 Å². The predicted molar refractivity (Wildman–Crippen MR) is 99.7 cm³/mol. The van der Waals surface area contributed by atoms with Gasteiger partial charge in [0, 0.05) is 5.69 Å². The number of nitrogens with one attached hydrogen (secondary N) is 1. The molecule has 0 radical (unpaired) electrons. The minimum atomic E-state index is -4.82. The van der Waals surface area contributed by atoms with E-state index in [0.29, 0.717) is 5.69 Å². The molecule has 10 heteroatoms. The molecule has 0 heterocycles. The van der Waals surface area contributed by atoms with E-state index >= 15 is 0 Å². The van der Waals surface area contributed by atoms with Crippen molar-refractivity contribution < 1.29 is 31.1 Å². The highest BCUT2D eigenvalue weighted by atomic mass is 32.2. The van der Waals surface area contributed by atoms with Crippen LogP contribution in [0.2, 0.25) is 0 Å². The van der Waals surface area contributed by atoms with Crippen LogP contribution in [0.5, 0.6) is 5.75 Å². The van der Waals surface area contributed by atoms with Gasteiger partial charge in [0.2, 0.25) is 15.9 Å². The predicted octanol–water partition coefficient (Wildman–Crippen LogP) is 3.69. The maximum atomic E-state index is 12.5. The number of carbonyl (C=O) groups excluding carboxylic acids is 1. The van der Waals surface area contributed by atoms with Crippen LogP contribution in [-0.2, 0) is 14.8 Å². The molecule has 0 fully saturated rings. The highest BCUT2D eigenvalue weighted by Crippen LogP contribution is 2.25. The van der Waals surface area contributed by atoms with Gasteiger partial charge < -0.3 is 10.1 Å². The number of ether oxygens (including phenoxy) is 1. The summed E-state index contributed by atoms with van der Waals surface area (Å²) >= 11 is 0. The summed E-state index contributed by atoms with van der Waals surface area (Å²) in [4.78, 5) is 12.5. The lowest BCUT2D eigenvalue weighted by Crippen LogP contribution is -2.45. The second-order valence-corrected chi connectivity index (χ2v) is 7.99. The third kappa shape index (κ3) is 5.88. The number of halogens is 3. The summed E-state index contributed by atoms with van der Waals surface area (Å²) in [5, 5.41) is 2.49. The second kappa shape index (κ2) is 8.09. The Morgan fingerprint density at radius 3 is 2.25 bits per heavy atom. The molecule has 0 aliphatic heterocycles. The molecular weight excluding hydrogens is 397 g/mol. The van der Waals surface area contributed by atoms with Gasteiger partial charge in [-0.2, -0.15) is 0 Å². The third-order valence-corrected chi connectivity index (χ3v) is 4.94. The Bertz CT molecular complexity index is 944. The van der Waals surface area contributed by atoms with Crippen molar-refractivity contribution in [3.8, 4) is 5.75 Å². The molecule has 152 valence electrons. The maximum absolute atomic E-state index is 12.5. The zero-order valence-electron chi connectivity index (χ0n) is 15.3. The maximum Gasteiger partial charge on any atom is 0.573 e. The van der Waals surface area contributed by atoms with E-state index in [1.54, 1.807) is 31.2 Å². The number of nitrogens with zero attached hydrogens (tertiary/aromatic N) is 1. The topological polar surface area (TPSA) is 75.7 Å². The van der Waals surface area contributed by atoms with Crippen molar-refractivity contribution in [2.75, 3.05) is 15.9 Å². The molecule has 0 bridgehead atoms. The molecule has 2 rings (SSSR count). The van der Waals surface area contributed by atoms with Crippen LogP contribution in [-0.4, -0.2) is 33.0 Å². The third-order valence-electron chi connectivity index (χ3n) is 3.70. The van der Waals surface area contributed by atoms with E-state index < -0.39 is 34.1 Å². The number of rotatable bonds is 6. The van der Waals surface area contributed by atoms with Gasteiger partial charge in [0.1, 0.15) is 11.8 Å². The minimum Gasteiger partial charge on any atom is -0.406 e. The van der Waals surface area contributed by atoms with Gasteiger partial charge in [-0.3, -0.25) is 9.10 Å². The number of alkyl halides is 3. The molecule has 0 unspecified atom stereocenters. The molecule has 0 aromatic heterocycles. The van der Waals surface area contributed by atoms with E-state index in [1.807, 2.05) is 0 Å². The first kappa shape index (κ1) is 21.5. The fourth-order valence-electron chi connectivity index (χ4n) is 2.56. The van der Waals surface area contributed by atoms with Gasteiger partial charge in [-0.25, -0.2) is 8.42 Å². The zero-order valence-corrected chi connectivity index (χ0v) is 16.1. The molecule has 0 aliphatic carbocycles. The Labute approximate surface area is 161 Å². The second-order valence-electron chi connectivity index (χ2n) is 6.14. The average Bonchev–Trinajstić information content (AvgIpc) is 2.54. The molecule has 0 aliphatic rings. The van der Waals surface area contributed by atoms with Gasteiger partial charge in [-0.15, -0.1) is 13.2 Å². The smallest absolute Gasteiger partial charge is 0.406 e. The van der Waals surface area contributed by atoms with E-state index in [2.05, 4.69) is 10.1 Å². The number of hydrogen-bond donors (Lipinski definition) is 1. The van der Waals surface area contributed by atoms with Crippen LogP contribution >= 0.6 is 0 Å². The van der Waals surface area contributed by atoms with Crippen molar-refractivity contribution >= 4 is 27.3 Å². The van der Waals surface area contributed by atoms with Crippen molar-refractivity contribution in [3.63, 3.8) is 0 Å². The molecule has 1 amide bonds. The number of sulfonamides is 1. The first-order chi connectivity index (χ1) is 12.9. The number of carbonyl (C=O) groups is 1. The standard InChI is InChI=1S/C18H19F3N2O4S/c1-12-5-4-6-15(11-12)23(28(3,25)26)13(2)17(24)22-14-7-9-16(10-8-14)27-18(19,20)21/h4-11,13H,1-3H3,(H,22,24)/t13-/m0/s1. The van der Waals surface area contributed by atoms with Gasteiger partial charge in [0.25, 0.3) is 0 Å². The highest BCUT2D eigenvalue weighted by molar-refractivity contribution is 7.92. The summed E-state index contributed by atoms with van der Waals surface area (Å²) < 4.78 is 65.8. The molecule has 0 spiro atoms. The summed E-state index contributed by atoms with van der Waals surface area (Å²) in [5.74, 6) is -1.08. The Morgan fingerprint density at radius 1 is 1.14 bits per heavy atom. The van der Waals surface area contributed by atoms with E-state index in [4.69, 9.17) is 0 Å². The Kier molecular flexibility index (Phi) is 6.23. The monoisotopic (exact) mass is 416 g/mol. The lowest BCUT2D eigenvalue weighted by Gasteiger charge is -2.28. The number of aryl methyl sites for hydroxylation is 1. The summed E-state index contributed by atoms with van der Waals surface area (Å²) in [6, 6.07) is 10.1. The Balaban J connectivity index is 2.19. The van der Waals surface area contributed by atoms with Gasteiger partial charge in [0.15, 0.2) is 0 Å². The lowest BCUT2D eigenvalue weighted by molar-refractivity contribution is -0.274. The van der Waals surface area contributed by atoms with Gasteiger partial charge in [-0.1, -0.05) is 12.1 Å². The molecule has 28 heavy (non-hydrogen) atoms. The normalized spacial score (nSPS) is 12.9. The molecular formula is C18H19F3N2O4S. The molecule has 6 nitrogen and oxygen atoms in total. The summed E-state index contributed by atoms with van der Waals surface area (Å²) in [6.07, 6.45) is -3.83. The van der Waals surface area contributed by atoms with Crippen LogP contribution in [0.4, 0.5) is 24.5 Å². The average molecular weight is 416 g/mol. The molecule has 2 aromatic rings. The van der Waals surface area contributed by atoms with E-state index in [0.717, 1.165) is 28.3 Å². The van der Waals surface area contributed by atoms with Crippen molar-refractivity contribution in [2.24, 2.45) is 0 Å². The van der Waals surface area contributed by atoms with Crippen LogP contribution in [0.15, 0.2) is 48.5 Å². The number of amides is 1. The van der Waals surface area contributed by atoms with Gasteiger partial charge in [-0.05, 0) is 55.8 Å². The molecule has 0 saturated carbocycles. The van der Waals surface area contributed by atoms with Crippen LogP contribution in [0.1, 0.15) is 12.5 Å². The summed E-state index contributed by atoms with van der Waals surface area (Å²) in [5.41, 5.74) is 1.35. The van der Waals surface area contributed by atoms with E-state index in [1.165, 1.54) is 19.1 Å². The summed E-state index contributed by atoms with van der Waals surface area (Å²) in [6.45, 7) is 3.21. The fraction of sp³-hybridized carbons (Fsp3) is 0.278. The molecule has 0 saturated heterocycles. The Hall–Kier alpha value is -2.75. The van der Waals surface area contributed by atoms with Crippen LogP contribution in [0, 0.1) is 6.92 Å².